The molecule has 25 heavy (non-hydrogen) atoms. The van der Waals surface area contributed by atoms with E-state index in [4.69, 9.17) is 4.74 Å². The van der Waals surface area contributed by atoms with E-state index in [2.05, 4.69) is 35.9 Å². The molecule has 1 heterocycles. The lowest BCUT2D eigenvalue weighted by Gasteiger charge is -2.33. The Labute approximate surface area is 150 Å². The maximum Gasteiger partial charge on any atom is 0.165 e. The third kappa shape index (κ3) is 4.80. The normalized spacial score (nSPS) is 17.4. The summed E-state index contributed by atoms with van der Waals surface area (Å²) in [4.78, 5) is 4.82. The lowest BCUT2D eigenvalue weighted by Crippen LogP contribution is -2.45. The van der Waals surface area contributed by atoms with Crippen LogP contribution in [0.1, 0.15) is 23.7 Å². The number of piperazine rings is 1. The highest BCUT2D eigenvalue weighted by atomic mass is 19.1. The van der Waals surface area contributed by atoms with Crippen LogP contribution in [0.25, 0.3) is 0 Å². The standard InChI is InChI=1S/C21H27FN2O/c1-17-7-3-4-8-18(17)20(25-21-10-6-5-9-19(21)22)11-12-24-15-13-23(2)14-16-24/h3-10,20H,11-16H2,1-2H3. The maximum atomic E-state index is 14.1. The molecule has 0 saturated carbocycles. The fourth-order valence-electron chi connectivity index (χ4n) is 3.29. The van der Waals surface area contributed by atoms with Gasteiger partial charge in [-0.3, -0.25) is 0 Å². The van der Waals surface area contributed by atoms with Crippen LogP contribution in [0.5, 0.6) is 5.75 Å². The first-order valence-corrected chi connectivity index (χ1v) is 9.01. The molecule has 1 atom stereocenters. The Hall–Kier alpha value is -1.91. The number of halogens is 1. The molecule has 1 unspecified atom stereocenters. The Morgan fingerprint density at radius 2 is 1.68 bits per heavy atom. The Balaban J connectivity index is 1.73. The van der Waals surface area contributed by atoms with Crippen LogP contribution >= 0.6 is 0 Å². The van der Waals surface area contributed by atoms with Gasteiger partial charge in [-0.1, -0.05) is 36.4 Å². The van der Waals surface area contributed by atoms with Gasteiger partial charge in [0.1, 0.15) is 6.10 Å². The monoisotopic (exact) mass is 342 g/mol. The summed E-state index contributed by atoms with van der Waals surface area (Å²) < 4.78 is 20.2. The van der Waals surface area contributed by atoms with Gasteiger partial charge in [0.15, 0.2) is 11.6 Å². The van der Waals surface area contributed by atoms with Gasteiger partial charge in [-0.2, -0.15) is 0 Å². The summed E-state index contributed by atoms with van der Waals surface area (Å²) in [6, 6.07) is 14.9. The average Bonchev–Trinajstić information content (AvgIpc) is 2.62. The van der Waals surface area contributed by atoms with E-state index in [1.54, 1.807) is 12.1 Å². The summed E-state index contributed by atoms with van der Waals surface area (Å²) in [5.41, 5.74) is 2.32. The summed E-state index contributed by atoms with van der Waals surface area (Å²) in [7, 11) is 2.16. The van der Waals surface area contributed by atoms with E-state index in [1.165, 1.54) is 11.6 Å². The number of nitrogens with zero attached hydrogens (tertiary/aromatic N) is 2. The smallest absolute Gasteiger partial charge is 0.165 e. The molecule has 0 aliphatic carbocycles. The van der Waals surface area contributed by atoms with Gasteiger partial charge in [0.2, 0.25) is 0 Å². The molecular weight excluding hydrogens is 315 g/mol. The molecule has 0 spiro atoms. The lowest BCUT2D eigenvalue weighted by molar-refractivity contribution is 0.121. The zero-order valence-corrected chi connectivity index (χ0v) is 15.1. The highest BCUT2D eigenvalue weighted by Gasteiger charge is 2.20. The van der Waals surface area contributed by atoms with Crippen molar-refractivity contribution in [1.29, 1.82) is 0 Å². The topological polar surface area (TPSA) is 15.7 Å². The molecular formula is C21H27FN2O. The number of rotatable bonds is 6. The zero-order valence-electron chi connectivity index (χ0n) is 15.1. The van der Waals surface area contributed by atoms with Gasteiger partial charge in [0.25, 0.3) is 0 Å². The van der Waals surface area contributed by atoms with E-state index in [1.807, 2.05) is 18.2 Å². The maximum absolute atomic E-state index is 14.1. The van der Waals surface area contributed by atoms with Crippen LogP contribution in [-0.4, -0.2) is 49.6 Å². The second-order valence-electron chi connectivity index (χ2n) is 6.83. The molecule has 1 fully saturated rings. The molecule has 1 aliphatic rings. The first-order valence-electron chi connectivity index (χ1n) is 9.01. The Morgan fingerprint density at radius 1 is 1.00 bits per heavy atom. The van der Waals surface area contributed by atoms with E-state index in [-0.39, 0.29) is 11.9 Å². The quantitative estimate of drug-likeness (QED) is 0.792. The third-order valence-corrected chi connectivity index (χ3v) is 4.94. The van der Waals surface area contributed by atoms with Crippen molar-refractivity contribution in [3.05, 3.63) is 65.5 Å². The van der Waals surface area contributed by atoms with Gasteiger partial charge >= 0.3 is 0 Å². The molecule has 134 valence electrons. The van der Waals surface area contributed by atoms with Gasteiger partial charge in [-0.25, -0.2) is 4.39 Å². The molecule has 3 nitrogen and oxygen atoms in total. The molecule has 0 amide bonds. The van der Waals surface area contributed by atoms with Crippen LogP contribution in [0.3, 0.4) is 0 Å². The summed E-state index contributed by atoms with van der Waals surface area (Å²) >= 11 is 0. The van der Waals surface area contributed by atoms with E-state index in [9.17, 15) is 4.39 Å². The summed E-state index contributed by atoms with van der Waals surface area (Å²) in [5.74, 6) is 0.0230. The van der Waals surface area contributed by atoms with Gasteiger partial charge in [0, 0.05) is 39.1 Å². The van der Waals surface area contributed by atoms with Crippen molar-refractivity contribution in [1.82, 2.24) is 9.80 Å². The minimum atomic E-state index is -0.305. The molecule has 0 aromatic heterocycles. The SMILES string of the molecule is Cc1ccccc1C(CCN1CCN(C)CC1)Oc1ccccc1F. The number of hydrogen-bond donors (Lipinski definition) is 0. The van der Waals surface area contributed by atoms with E-state index in [0.717, 1.165) is 44.7 Å². The van der Waals surface area contributed by atoms with Crippen LogP contribution in [0.4, 0.5) is 4.39 Å². The largest absolute Gasteiger partial charge is 0.483 e. The first-order chi connectivity index (χ1) is 12.1. The molecule has 0 N–H and O–H groups in total. The second-order valence-corrected chi connectivity index (χ2v) is 6.83. The molecule has 0 bridgehead atoms. The molecule has 0 radical (unpaired) electrons. The lowest BCUT2D eigenvalue weighted by atomic mass is 10.0. The Morgan fingerprint density at radius 3 is 2.40 bits per heavy atom. The molecule has 2 aromatic carbocycles. The number of aryl methyl sites for hydroxylation is 1. The van der Waals surface area contributed by atoms with Crippen LogP contribution in [0, 0.1) is 12.7 Å². The minimum Gasteiger partial charge on any atom is -0.483 e. The van der Waals surface area contributed by atoms with Gasteiger partial charge < -0.3 is 14.5 Å². The van der Waals surface area contributed by atoms with Crippen molar-refractivity contribution in [3.8, 4) is 5.75 Å². The van der Waals surface area contributed by atoms with Crippen LogP contribution in [0.15, 0.2) is 48.5 Å². The molecule has 4 heteroatoms. The second kappa shape index (κ2) is 8.45. The fourth-order valence-corrected chi connectivity index (χ4v) is 3.29. The van der Waals surface area contributed by atoms with E-state index < -0.39 is 0 Å². The predicted molar refractivity (Wildman–Crippen MR) is 99.5 cm³/mol. The van der Waals surface area contributed by atoms with Gasteiger partial charge in [0.05, 0.1) is 0 Å². The van der Waals surface area contributed by atoms with Crippen LogP contribution in [-0.2, 0) is 0 Å². The van der Waals surface area contributed by atoms with Crippen molar-refractivity contribution in [3.63, 3.8) is 0 Å². The van der Waals surface area contributed by atoms with Crippen molar-refractivity contribution in [2.75, 3.05) is 39.8 Å². The van der Waals surface area contributed by atoms with E-state index in [0.29, 0.717) is 5.75 Å². The van der Waals surface area contributed by atoms with Crippen molar-refractivity contribution >= 4 is 0 Å². The Bertz CT molecular complexity index is 683. The number of likely N-dealkylation sites (N-methyl/N-ethyl adjacent to an activating group) is 1. The number of para-hydroxylation sites is 1. The molecule has 1 aliphatic heterocycles. The molecule has 3 rings (SSSR count). The third-order valence-electron chi connectivity index (χ3n) is 4.94. The highest BCUT2D eigenvalue weighted by molar-refractivity contribution is 5.30. The van der Waals surface area contributed by atoms with Crippen LogP contribution in [0.2, 0.25) is 0 Å². The molecule has 1 saturated heterocycles. The summed E-state index contributed by atoms with van der Waals surface area (Å²) in [5, 5.41) is 0. The van der Waals surface area contributed by atoms with Crippen molar-refractivity contribution in [2.45, 2.75) is 19.4 Å². The van der Waals surface area contributed by atoms with Gasteiger partial charge in [-0.05, 0) is 37.2 Å². The average molecular weight is 342 g/mol. The molecule has 2 aromatic rings. The predicted octanol–water partition coefficient (Wildman–Crippen LogP) is 3.89. The first kappa shape index (κ1) is 17.9. The minimum absolute atomic E-state index is 0.141. The Kier molecular flexibility index (Phi) is 6.05. The fraction of sp³-hybridized carbons (Fsp3) is 0.429. The number of ether oxygens (including phenoxy) is 1. The van der Waals surface area contributed by atoms with Crippen molar-refractivity contribution < 1.29 is 9.13 Å². The van der Waals surface area contributed by atoms with Crippen LogP contribution < -0.4 is 4.74 Å². The summed E-state index contributed by atoms with van der Waals surface area (Å²) in [6.07, 6.45) is 0.709. The number of hydrogen-bond acceptors (Lipinski definition) is 3. The number of benzene rings is 2. The zero-order chi connectivity index (χ0) is 17.6. The van der Waals surface area contributed by atoms with E-state index >= 15 is 0 Å². The van der Waals surface area contributed by atoms with Gasteiger partial charge in [-0.15, -0.1) is 0 Å². The highest BCUT2D eigenvalue weighted by Crippen LogP contribution is 2.29. The summed E-state index contributed by atoms with van der Waals surface area (Å²) in [6.45, 7) is 7.41. The van der Waals surface area contributed by atoms with Crippen molar-refractivity contribution in [2.24, 2.45) is 0 Å².